The molecular formula is C30H47N3O7Si2. The Balaban J connectivity index is 2.46. The van der Waals surface area contributed by atoms with Gasteiger partial charge in [-0.2, -0.15) is 0 Å². The van der Waals surface area contributed by atoms with Crippen LogP contribution in [0.5, 0.6) is 0 Å². The van der Waals surface area contributed by atoms with Crippen LogP contribution < -0.4 is 5.32 Å². The minimum atomic E-state index is -2.46. The van der Waals surface area contributed by atoms with E-state index >= 15 is 0 Å². The second-order valence-corrected chi connectivity index (χ2v) is 23.1. The van der Waals surface area contributed by atoms with Gasteiger partial charge in [0.05, 0.1) is 24.7 Å². The van der Waals surface area contributed by atoms with Crippen LogP contribution in [0.1, 0.15) is 63.2 Å². The summed E-state index contributed by atoms with van der Waals surface area (Å²) in [5.74, 6) is -1.21. The van der Waals surface area contributed by atoms with Gasteiger partial charge >= 0.3 is 5.97 Å². The molecule has 0 bridgehead atoms. The van der Waals surface area contributed by atoms with Gasteiger partial charge in [-0.25, -0.2) is 4.79 Å². The molecule has 0 unspecified atom stereocenters. The predicted molar refractivity (Wildman–Crippen MR) is 168 cm³/mol. The molecule has 10 nitrogen and oxygen atoms in total. The average Bonchev–Trinajstić information content (AvgIpc) is 2.88. The molecule has 1 aromatic carbocycles. The zero-order chi connectivity index (χ0) is 32.1. The van der Waals surface area contributed by atoms with Crippen LogP contribution in [0.4, 0.5) is 5.69 Å². The van der Waals surface area contributed by atoms with Crippen LogP contribution >= 0.6 is 0 Å². The van der Waals surface area contributed by atoms with Crippen LogP contribution in [0.2, 0.25) is 36.3 Å². The molecule has 1 amide bonds. The summed E-state index contributed by atoms with van der Waals surface area (Å²) >= 11 is 0. The fourth-order valence-corrected chi connectivity index (χ4v) is 5.92. The first-order valence-electron chi connectivity index (χ1n) is 14.1. The number of benzene rings is 1. The minimum Gasteiger partial charge on any atom is -0.467 e. The number of ether oxygens (including phenoxy) is 1. The van der Waals surface area contributed by atoms with Gasteiger partial charge in [0.25, 0.3) is 11.6 Å². The van der Waals surface area contributed by atoms with Crippen molar-refractivity contribution in [3.8, 4) is 0 Å². The van der Waals surface area contributed by atoms with E-state index in [4.69, 9.17) is 13.6 Å². The van der Waals surface area contributed by atoms with Crippen molar-refractivity contribution in [3.05, 3.63) is 69.5 Å². The first kappa shape index (κ1) is 35.3. The SMILES string of the molecule is COC(=O)[C@@H](NC(=O)c1ncccc1CO[Si](C)(C)C(C)(C)C)[C@@H](Cc1ccc([N+](=O)[O-])cc1)O[Si](C)(C)C(C)(C)C. The fourth-order valence-electron chi connectivity index (χ4n) is 3.64. The van der Waals surface area contributed by atoms with Crippen molar-refractivity contribution in [2.45, 2.75) is 103 Å². The number of carbonyl (C=O) groups excluding carboxylic acids is 2. The highest BCUT2D eigenvalue weighted by molar-refractivity contribution is 6.74. The third-order valence-corrected chi connectivity index (χ3v) is 17.4. The van der Waals surface area contributed by atoms with Crippen molar-refractivity contribution >= 4 is 34.2 Å². The summed E-state index contributed by atoms with van der Waals surface area (Å²) in [6.45, 7) is 21.3. The molecule has 0 aliphatic rings. The molecule has 0 radical (unpaired) electrons. The van der Waals surface area contributed by atoms with E-state index in [9.17, 15) is 19.7 Å². The number of methoxy groups -OCH3 is 1. The van der Waals surface area contributed by atoms with Gasteiger partial charge in [-0.05, 0) is 54.3 Å². The largest absolute Gasteiger partial charge is 0.467 e. The maximum Gasteiger partial charge on any atom is 0.331 e. The van der Waals surface area contributed by atoms with E-state index in [1.807, 2.05) is 0 Å². The van der Waals surface area contributed by atoms with E-state index in [0.29, 0.717) is 11.1 Å². The van der Waals surface area contributed by atoms with Crippen molar-refractivity contribution in [1.82, 2.24) is 10.3 Å². The molecule has 0 spiro atoms. The summed E-state index contributed by atoms with van der Waals surface area (Å²) in [4.78, 5) is 42.0. The number of hydrogen-bond acceptors (Lipinski definition) is 8. The number of nitrogens with one attached hydrogen (secondary N) is 1. The molecule has 1 heterocycles. The molecule has 1 N–H and O–H groups in total. The summed E-state index contributed by atoms with van der Waals surface area (Å²) in [5.41, 5.74) is 1.45. The van der Waals surface area contributed by atoms with Crippen LogP contribution in [0, 0.1) is 10.1 Å². The van der Waals surface area contributed by atoms with E-state index in [1.54, 1.807) is 24.3 Å². The molecule has 232 valence electrons. The molecule has 2 rings (SSSR count). The molecule has 1 aromatic heterocycles. The second-order valence-electron chi connectivity index (χ2n) is 13.6. The topological polar surface area (TPSA) is 130 Å². The van der Waals surface area contributed by atoms with E-state index in [0.717, 1.165) is 0 Å². The van der Waals surface area contributed by atoms with Crippen molar-refractivity contribution in [3.63, 3.8) is 0 Å². The zero-order valence-corrected chi connectivity index (χ0v) is 28.9. The Bertz CT molecular complexity index is 1250. The summed E-state index contributed by atoms with van der Waals surface area (Å²) in [6, 6.07) is 8.46. The highest BCUT2D eigenvalue weighted by atomic mass is 28.4. The van der Waals surface area contributed by atoms with E-state index in [-0.39, 0.29) is 34.5 Å². The Kier molecular flexibility index (Phi) is 11.4. The van der Waals surface area contributed by atoms with Crippen molar-refractivity contribution < 1.29 is 28.1 Å². The number of non-ortho nitro benzene ring substituents is 1. The predicted octanol–water partition coefficient (Wildman–Crippen LogP) is 6.42. The number of hydrogen-bond donors (Lipinski definition) is 1. The Morgan fingerprint density at radius 3 is 2.05 bits per heavy atom. The number of rotatable bonds is 12. The normalized spacial score (nSPS) is 14.2. The molecular weight excluding hydrogens is 571 g/mol. The summed E-state index contributed by atoms with van der Waals surface area (Å²) < 4.78 is 18.2. The summed E-state index contributed by atoms with van der Waals surface area (Å²) in [6.07, 6.45) is 0.936. The standard InChI is InChI=1S/C30H47N3O7Si2/c1-29(2,3)41(8,9)39-20-22-13-12-18-31-25(22)27(34)32-26(28(35)38-7)24(40-42(10,11)30(4,5)6)19-21-14-16-23(17-15-21)33(36)37/h12-18,24,26H,19-20H2,1-11H3,(H,32,34)/t24-,26+/m1/s1. The fraction of sp³-hybridized carbons (Fsp3) is 0.567. The van der Waals surface area contributed by atoms with Gasteiger partial charge in [-0.1, -0.05) is 59.7 Å². The first-order chi connectivity index (χ1) is 19.2. The van der Waals surface area contributed by atoms with Gasteiger partial charge in [-0.3, -0.25) is 19.9 Å². The molecule has 0 aliphatic carbocycles. The molecule has 12 heteroatoms. The van der Waals surface area contributed by atoms with Crippen molar-refractivity contribution in [2.75, 3.05) is 7.11 Å². The zero-order valence-electron chi connectivity index (χ0n) is 26.9. The van der Waals surface area contributed by atoms with Gasteiger partial charge in [0.15, 0.2) is 22.7 Å². The first-order valence-corrected chi connectivity index (χ1v) is 19.9. The number of carbonyl (C=O) groups is 2. The van der Waals surface area contributed by atoms with Crippen LogP contribution in [-0.2, 0) is 31.4 Å². The Morgan fingerprint density at radius 2 is 1.55 bits per heavy atom. The highest BCUT2D eigenvalue weighted by Gasteiger charge is 2.43. The molecule has 42 heavy (non-hydrogen) atoms. The number of pyridine rings is 1. The van der Waals surface area contributed by atoms with Crippen molar-refractivity contribution in [1.29, 1.82) is 0 Å². The Morgan fingerprint density at radius 1 is 0.976 bits per heavy atom. The van der Waals surface area contributed by atoms with Gasteiger partial charge in [0.1, 0.15) is 5.69 Å². The molecule has 0 aliphatic heterocycles. The smallest absolute Gasteiger partial charge is 0.331 e. The maximum atomic E-state index is 13.7. The van der Waals surface area contributed by atoms with Crippen molar-refractivity contribution in [2.24, 2.45) is 0 Å². The number of amides is 1. The highest BCUT2D eigenvalue weighted by Crippen LogP contribution is 2.39. The van der Waals surface area contributed by atoms with Gasteiger partial charge in [-0.15, -0.1) is 0 Å². The minimum absolute atomic E-state index is 0.0141. The Hall–Kier alpha value is -2.94. The third kappa shape index (κ3) is 9.03. The van der Waals surface area contributed by atoms with Gasteiger partial charge in [0, 0.05) is 23.9 Å². The second kappa shape index (κ2) is 13.6. The molecule has 2 aromatic rings. The molecule has 0 fully saturated rings. The van der Waals surface area contributed by atoms with E-state index in [1.165, 1.54) is 25.4 Å². The maximum absolute atomic E-state index is 13.7. The molecule has 0 saturated heterocycles. The lowest BCUT2D eigenvalue weighted by molar-refractivity contribution is -0.384. The monoisotopic (exact) mass is 617 g/mol. The van der Waals surface area contributed by atoms with Crippen LogP contribution in [0.3, 0.4) is 0 Å². The lowest BCUT2D eigenvalue weighted by atomic mass is 10.0. The molecule has 2 atom stereocenters. The quantitative estimate of drug-likeness (QED) is 0.125. The average molecular weight is 618 g/mol. The van der Waals surface area contributed by atoms with E-state index < -0.39 is 45.6 Å². The summed E-state index contributed by atoms with van der Waals surface area (Å²) in [5, 5.41) is 13.8. The molecule has 0 saturated carbocycles. The summed E-state index contributed by atoms with van der Waals surface area (Å²) in [7, 11) is -3.31. The number of aromatic nitrogens is 1. The Labute approximate surface area is 252 Å². The van der Waals surface area contributed by atoms with Gasteiger partial charge in [0.2, 0.25) is 0 Å². The lowest BCUT2D eigenvalue weighted by Gasteiger charge is -2.41. The number of nitro groups is 1. The number of esters is 1. The van der Waals surface area contributed by atoms with Crippen LogP contribution in [0.15, 0.2) is 42.6 Å². The van der Waals surface area contributed by atoms with E-state index in [2.05, 4.69) is 78.0 Å². The number of nitro benzene ring substituents is 1. The van der Waals surface area contributed by atoms with Crippen LogP contribution in [0.25, 0.3) is 0 Å². The lowest BCUT2D eigenvalue weighted by Crippen LogP contribution is -2.56. The third-order valence-electron chi connectivity index (χ3n) is 8.45. The number of nitrogens with zero attached hydrogens (tertiary/aromatic N) is 2. The van der Waals surface area contributed by atoms with Gasteiger partial charge < -0.3 is 18.9 Å². The van der Waals surface area contributed by atoms with Crippen LogP contribution in [-0.4, -0.2) is 57.7 Å².